The van der Waals surface area contributed by atoms with Gasteiger partial charge in [-0.25, -0.2) is 13.0 Å². The van der Waals surface area contributed by atoms with Crippen molar-refractivity contribution in [2.24, 2.45) is 17.3 Å². The van der Waals surface area contributed by atoms with Crippen molar-refractivity contribution in [3.05, 3.63) is 106 Å². The quantitative estimate of drug-likeness (QED) is 0.108. The van der Waals surface area contributed by atoms with E-state index in [4.69, 9.17) is 0 Å². The van der Waals surface area contributed by atoms with Crippen LogP contribution in [0.5, 0.6) is 0 Å². The third kappa shape index (κ3) is 9.25. The SMILES string of the molecule is COS(=O)(=O)[O-].C[n+]1cc(Br)sc1N=Nc1ccc(N(Cc2ccccc2)Cc2ccccc2)cc1. The van der Waals surface area contributed by atoms with Crippen LogP contribution in [-0.2, 0) is 34.7 Å². The molecule has 0 aliphatic carbocycles. The monoisotopic (exact) mass is 588 g/mol. The number of hydrogen-bond acceptors (Lipinski definition) is 8. The highest BCUT2D eigenvalue weighted by atomic mass is 79.9. The molecular weight excluding hydrogens is 564 g/mol. The molecule has 0 aliphatic rings. The number of halogens is 1. The van der Waals surface area contributed by atoms with Crippen molar-refractivity contribution in [3.63, 3.8) is 0 Å². The summed E-state index contributed by atoms with van der Waals surface area (Å²) in [6.07, 6.45) is 1.98. The summed E-state index contributed by atoms with van der Waals surface area (Å²) >= 11 is 5.03. The number of aromatic nitrogens is 1. The number of thiazole rings is 1. The Kier molecular flexibility index (Phi) is 10.3. The molecular formula is C25H25BrN4O4S2. The summed E-state index contributed by atoms with van der Waals surface area (Å²) in [7, 11) is -1.64. The Morgan fingerprint density at radius 1 is 0.917 bits per heavy atom. The topological polar surface area (TPSA) is 98.3 Å². The maximum atomic E-state index is 9.22. The first kappa shape index (κ1) is 27.6. The summed E-state index contributed by atoms with van der Waals surface area (Å²) in [5.41, 5.74) is 4.56. The molecule has 11 heteroatoms. The smallest absolute Gasteiger partial charge is 0.409 e. The maximum Gasteiger partial charge on any atom is 0.409 e. The molecule has 4 aromatic rings. The van der Waals surface area contributed by atoms with E-state index in [1.54, 1.807) is 11.3 Å². The number of azo groups is 1. The molecule has 0 radical (unpaired) electrons. The first-order chi connectivity index (χ1) is 17.2. The molecule has 0 saturated heterocycles. The number of aryl methyl sites for hydroxylation is 1. The van der Waals surface area contributed by atoms with Crippen molar-refractivity contribution in [1.29, 1.82) is 0 Å². The standard InChI is InChI=1S/C24H22BrN4S.CH4O4S/c1-28-18-23(25)30-24(28)27-26-21-12-14-22(15-13-21)29(16-19-8-4-2-5-9-19)17-20-10-6-3-7-11-20;1-5-6(2,3)4/h2-15,18H,16-17H2,1H3;1H3,(H,2,3,4)/q+1;/p-1. The summed E-state index contributed by atoms with van der Waals surface area (Å²) < 4.78 is 34.0. The Bertz CT molecular complexity index is 1320. The van der Waals surface area contributed by atoms with Crippen LogP contribution in [0.1, 0.15) is 11.1 Å². The molecule has 3 aromatic carbocycles. The predicted octanol–water partition coefficient (Wildman–Crippen LogP) is 6.05. The Balaban J connectivity index is 0.000000538. The Labute approximate surface area is 223 Å². The second kappa shape index (κ2) is 13.4. The highest BCUT2D eigenvalue weighted by Gasteiger charge is 2.12. The highest BCUT2D eigenvalue weighted by Crippen LogP contribution is 2.27. The molecule has 0 unspecified atom stereocenters. The fourth-order valence-electron chi connectivity index (χ4n) is 3.16. The van der Waals surface area contributed by atoms with E-state index >= 15 is 0 Å². The van der Waals surface area contributed by atoms with Crippen molar-refractivity contribution >= 4 is 54.2 Å². The van der Waals surface area contributed by atoms with Crippen LogP contribution >= 0.6 is 27.3 Å². The lowest BCUT2D eigenvalue weighted by Crippen LogP contribution is -2.23. The lowest BCUT2D eigenvalue weighted by Gasteiger charge is -2.25. The molecule has 0 spiro atoms. The third-order valence-corrected chi connectivity index (χ3v) is 6.84. The Morgan fingerprint density at radius 3 is 1.83 bits per heavy atom. The Hall–Kier alpha value is -2.96. The van der Waals surface area contributed by atoms with E-state index in [0.717, 1.165) is 40.5 Å². The molecule has 0 bridgehead atoms. The van der Waals surface area contributed by atoms with E-state index in [1.165, 1.54) is 11.1 Å². The highest BCUT2D eigenvalue weighted by molar-refractivity contribution is 9.11. The van der Waals surface area contributed by atoms with Gasteiger partial charge in [0.15, 0.2) is 0 Å². The van der Waals surface area contributed by atoms with Gasteiger partial charge in [-0.15, -0.1) is 0 Å². The second-order valence-corrected chi connectivity index (χ2v) is 11.1. The van der Waals surface area contributed by atoms with Gasteiger partial charge < -0.3 is 9.45 Å². The summed E-state index contributed by atoms with van der Waals surface area (Å²) in [4.78, 5) is 2.38. The number of hydrogen-bond donors (Lipinski definition) is 0. The van der Waals surface area contributed by atoms with Crippen molar-refractivity contribution in [2.75, 3.05) is 12.0 Å². The van der Waals surface area contributed by atoms with Crippen LogP contribution in [0.3, 0.4) is 0 Å². The van der Waals surface area contributed by atoms with Crippen molar-refractivity contribution in [1.82, 2.24) is 0 Å². The lowest BCUT2D eigenvalue weighted by molar-refractivity contribution is -0.654. The molecule has 8 nitrogen and oxygen atoms in total. The average molecular weight is 590 g/mol. The summed E-state index contributed by atoms with van der Waals surface area (Å²) in [6, 6.07) is 29.4. The first-order valence-electron chi connectivity index (χ1n) is 10.7. The van der Waals surface area contributed by atoms with Crippen LogP contribution in [0.4, 0.5) is 16.5 Å². The zero-order valence-electron chi connectivity index (χ0n) is 19.7. The van der Waals surface area contributed by atoms with Crippen LogP contribution in [-0.4, -0.2) is 20.1 Å². The molecule has 1 aromatic heterocycles. The molecule has 0 N–H and O–H groups in total. The Morgan fingerprint density at radius 2 is 1.42 bits per heavy atom. The van der Waals surface area contributed by atoms with Gasteiger partial charge in [-0.1, -0.05) is 60.7 Å². The van der Waals surface area contributed by atoms with Gasteiger partial charge in [0.25, 0.3) is 0 Å². The summed E-state index contributed by atoms with van der Waals surface area (Å²) in [5, 5.41) is 9.61. The minimum atomic E-state index is -4.41. The minimum absolute atomic E-state index is 0.808. The van der Waals surface area contributed by atoms with E-state index in [2.05, 4.69) is 108 Å². The number of anilines is 1. The molecule has 0 aliphatic heterocycles. The van der Waals surface area contributed by atoms with Crippen LogP contribution in [0.2, 0.25) is 0 Å². The fraction of sp³-hybridized carbons (Fsp3) is 0.160. The van der Waals surface area contributed by atoms with E-state index in [1.807, 2.05) is 29.9 Å². The van der Waals surface area contributed by atoms with Gasteiger partial charge in [-0.05, 0) is 67.8 Å². The minimum Gasteiger partial charge on any atom is -0.726 e. The van der Waals surface area contributed by atoms with Gasteiger partial charge in [0.2, 0.25) is 10.4 Å². The van der Waals surface area contributed by atoms with Gasteiger partial charge in [0, 0.05) is 18.8 Å². The zero-order valence-corrected chi connectivity index (χ0v) is 22.9. The van der Waals surface area contributed by atoms with Gasteiger partial charge >= 0.3 is 5.13 Å². The van der Waals surface area contributed by atoms with Crippen LogP contribution in [0.25, 0.3) is 0 Å². The molecule has 0 saturated carbocycles. The molecule has 0 atom stereocenters. The van der Waals surface area contributed by atoms with E-state index in [9.17, 15) is 13.0 Å². The zero-order chi connectivity index (χ0) is 26.0. The molecule has 188 valence electrons. The molecule has 4 rings (SSSR count). The van der Waals surface area contributed by atoms with Crippen molar-refractivity contribution < 1.29 is 21.7 Å². The third-order valence-electron chi connectivity index (χ3n) is 4.89. The average Bonchev–Trinajstić information content (AvgIpc) is 3.20. The van der Waals surface area contributed by atoms with Gasteiger partial charge in [0.05, 0.1) is 19.3 Å². The van der Waals surface area contributed by atoms with Gasteiger partial charge in [-0.2, -0.15) is 0 Å². The summed E-state index contributed by atoms with van der Waals surface area (Å²) in [5.74, 6) is 0. The number of benzene rings is 3. The molecule has 0 fully saturated rings. The fourth-order valence-corrected chi connectivity index (χ4v) is 4.57. The lowest BCUT2D eigenvalue weighted by atomic mass is 10.1. The molecule has 0 amide bonds. The van der Waals surface area contributed by atoms with Crippen LogP contribution in [0.15, 0.2) is 105 Å². The van der Waals surface area contributed by atoms with Crippen LogP contribution < -0.4 is 9.47 Å². The second-order valence-electron chi connectivity index (χ2n) is 7.55. The van der Waals surface area contributed by atoms with Gasteiger partial charge in [0.1, 0.15) is 15.7 Å². The van der Waals surface area contributed by atoms with Crippen molar-refractivity contribution in [2.45, 2.75) is 13.1 Å². The van der Waals surface area contributed by atoms with E-state index in [-0.39, 0.29) is 0 Å². The maximum absolute atomic E-state index is 9.22. The molecule has 36 heavy (non-hydrogen) atoms. The predicted molar refractivity (Wildman–Crippen MR) is 143 cm³/mol. The first-order valence-corrected chi connectivity index (χ1v) is 13.7. The van der Waals surface area contributed by atoms with Crippen LogP contribution in [0, 0.1) is 0 Å². The van der Waals surface area contributed by atoms with E-state index in [0.29, 0.717) is 0 Å². The van der Waals surface area contributed by atoms with Crippen molar-refractivity contribution in [3.8, 4) is 0 Å². The number of nitrogens with zero attached hydrogens (tertiary/aromatic N) is 4. The normalized spacial score (nSPS) is 11.2. The summed E-state index contributed by atoms with van der Waals surface area (Å²) in [6.45, 7) is 1.69. The van der Waals surface area contributed by atoms with Gasteiger partial charge in [-0.3, -0.25) is 4.18 Å². The number of rotatable bonds is 8. The molecule has 1 heterocycles. The van der Waals surface area contributed by atoms with E-state index < -0.39 is 10.4 Å². The largest absolute Gasteiger partial charge is 0.726 e.